The van der Waals surface area contributed by atoms with Crippen LogP contribution in [-0.4, -0.2) is 10.9 Å². The molecule has 1 heterocycles. The van der Waals surface area contributed by atoms with Gasteiger partial charge in [-0.15, -0.1) is 0 Å². The molecule has 0 bridgehead atoms. The molecule has 2 rings (SSSR count). The Bertz CT molecular complexity index is 460. The van der Waals surface area contributed by atoms with Gasteiger partial charge in [-0.3, -0.25) is 4.79 Å². The molecule has 76 valence electrons. The second-order valence-corrected chi connectivity index (χ2v) is 3.44. The van der Waals surface area contributed by atoms with Crippen molar-refractivity contribution in [2.24, 2.45) is 5.73 Å². The highest BCUT2D eigenvalue weighted by atomic mass is 16.1. The van der Waals surface area contributed by atoms with Crippen molar-refractivity contribution in [2.75, 3.05) is 0 Å². The van der Waals surface area contributed by atoms with Crippen LogP contribution in [0.4, 0.5) is 0 Å². The number of carbonyl (C=O) groups is 1. The highest BCUT2D eigenvalue weighted by molar-refractivity contribution is 5.92. The summed E-state index contributed by atoms with van der Waals surface area (Å²) < 4.78 is 0. The summed E-state index contributed by atoms with van der Waals surface area (Å²) in [5.41, 5.74) is 7.96. The molecule has 0 unspecified atom stereocenters. The molecule has 0 atom stereocenters. The normalized spacial score (nSPS) is 10.1. The van der Waals surface area contributed by atoms with Gasteiger partial charge in [0.15, 0.2) is 0 Å². The second-order valence-electron chi connectivity index (χ2n) is 3.44. The number of aromatic nitrogens is 1. The minimum absolute atomic E-state index is 0.386. The first-order valence-electron chi connectivity index (χ1n) is 4.77. The summed E-state index contributed by atoms with van der Waals surface area (Å²) in [6.45, 7) is 0. The van der Waals surface area contributed by atoms with Crippen molar-refractivity contribution in [2.45, 2.75) is 6.42 Å². The SMILES string of the molecule is NC(=O)c1cccc(Cc2ccc[nH]2)c1. The van der Waals surface area contributed by atoms with Crippen LogP contribution in [0.2, 0.25) is 0 Å². The van der Waals surface area contributed by atoms with Crippen LogP contribution in [0.1, 0.15) is 21.6 Å². The predicted octanol–water partition coefficient (Wildman–Crippen LogP) is 1.70. The maximum absolute atomic E-state index is 11.0. The Kier molecular flexibility index (Phi) is 2.54. The van der Waals surface area contributed by atoms with Gasteiger partial charge in [0.05, 0.1) is 0 Å². The summed E-state index contributed by atoms with van der Waals surface area (Å²) in [5.74, 6) is -0.386. The fraction of sp³-hybridized carbons (Fsp3) is 0.0833. The van der Waals surface area contributed by atoms with Gasteiger partial charge in [0, 0.05) is 23.9 Å². The van der Waals surface area contributed by atoms with Crippen molar-refractivity contribution in [1.29, 1.82) is 0 Å². The summed E-state index contributed by atoms with van der Waals surface area (Å²) in [4.78, 5) is 14.1. The van der Waals surface area contributed by atoms with E-state index in [1.165, 1.54) is 0 Å². The summed E-state index contributed by atoms with van der Waals surface area (Å²) in [7, 11) is 0. The molecule has 1 aromatic carbocycles. The third kappa shape index (κ3) is 2.26. The molecule has 3 N–H and O–H groups in total. The molecule has 0 aliphatic carbocycles. The van der Waals surface area contributed by atoms with Crippen LogP contribution in [0, 0.1) is 0 Å². The average Bonchev–Trinajstić information content (AvgIpc) is 2.71. The Labute approximate surface area is 87.9 Å². The Morgan fingerprint density at radius 2 is 2.13 bits per heavy atom. The number of benzene rings is 1. The van der Waals surface area contributed by atoms with Gasteiger partial charge in [0.25, 0.3) is 0 Å². The van der Waals surface area contributed by atoms with Crippen molar-refractivity contribution in [3.8, 4) is 0 Å². The lowest BCUT2D eigenvalue weighted by molar-refractivity contribution is 0.1000. The van der Waals surface area contributed by atoms with Gasteiger partial charge in [-0.25, -0.2) is 0 Å². The third-order valence-electron chi connectivity index (χ3n) is 2.27. The van der Waals surface area contributed by atoms with Gasteiger partial charge >= 0.3 is 0 Å². The average molecular weight is 200 g/mol. The molecule has 1 amide bonds. The maximum atomic E-state index is 11.0. The number of aromatic amines is 1. The third-order valence-corrected chi connectivity index (χ3v) is 2.27. The number of rotatable bonds is 3. The maximum Gasteiger partial charge on any atom is 0.248 e. The molecule has 0 aliphatic heterocycles. The fourth-order valence-corrected chi connectivity index (χ4v) is 1.53. The molecular formula is C12H12N2O. The molecular weight excluding hydrogens is 188 g/mol. The van der Waals surface area contributed by atoms with E-state index in [1.54, 1.807) is 6.07 Å². The van der Waals surface area contributed by atoms with E-state index in [4.69, 9.17) is 5.73 Å². The first-order chi connectivity index (χ1) is 7.25. The van der Waals surface area contributed by atoms with Crippen LogP contribution in [0.15, 0.2) is 42.6 Å². The highest BCUT2D eigenvalue weighted by Gasteiger charge is 2.02. The summed E-state index contributed by atoms with van der Waals surface area (Å²) >= 11 is 0. The van der Waals surface area contributed by atoms with Crippen LogP contribution in [-0.2, 0) is 6.42 Å². The number of hydrogen-bond donors (Lipinski definition) is 2. The smallest absolute Gasteiger partial charge is 0.248 e. The fourth-order valence-electron chi connectivity index (χ4n) is 1.53. The minimum Gasteiger partial charge on any atom is -0.366 e. The molecule has 3 nitrogen and oxygen atoms in total. The monoisotopic (exact) mass is 200 g/mol. The lowest BCUT2D eigenvalue weighted by Gasteiger charge is -2.01. The first-order valence-corrected chi connectivity index (χ1v) is 4.77. The molecule has 1 aromatic heterocycles. The number of carbonyl (C=O) groups excluding carboxylic acids is 1. The standard InChI is InChI=1S/C12H12N2O/c13-12(15)10-4-1-3-9(7-10)8-11-5-2-6-14-11/h1-7,14H,8H2,(H2,13,15). The van der Waals surface area contributed by atoms with Crippen molar-refractivity contribution in [1.82, 2.24) is 4.98 Å². The van der Waals surface area contributed by atoms with E-state index in [0.29, 0.717) is 5.56 Å². The Morgan fingerprint density at radius 1 is 1.27 bits per heavy atom. The molecule has 15 heavy (non-hydrogen) atoms. The van der Waals surface area contributed by atoms with Gasteiger partial charge in [0.1, 0.15) is 0 Å². The predicted molar refractivity (Wildman–Crippen MR) is 58.6 cm³/mol. The largest absolute Gasteiger partial charge is 0.366 e. The first kappa shape index (κ1) is 9.52. The summed E-state index contributed by atoms with van der Waals surface area (Å²) in [5, 5.41) is 0. The number of amides is 1. The van der Waals surface area contributed by atoms with E-state index in [1.807, 2.05) is 36.5 Å². The van der Waals surface area contributed by atoms with Crippen LogP contribution < -0.4 is 5.73 Å². The number of nitrogens with two attached hydrogens (primary N) is 1. The molecule has 0 saturated carbocycles. The van der Waals surface area contributed by atoms with Crippen molar-refractivity contribution in [3.63, 3.8) is 0 Å². The molecule has 0 saturated heterocycles. The van der Waals surface area contributed by atoms with Gasteiger partial charge in [-0.05, 0) is 29.8 Å². The zero-order valence-corrected chi connectivity index (χ0v) is 8.23. The minimum atomic E-state index is -0.386. The number of primary amides is 1. The summed E-state index contributed by atoms with van der Waals surface area (Å²) in [6.07, 6.45) is 2.67. The zero-order valence-electron chi connectivity index (χ0n) is 8.23. The molecule has 3 heteroatoms. The van der Waals surface area contributed by atoms with Crippen LogP contribution in [0.5, 0.6) is 0 Å². The number of H-pyrrole nitrogens is 1. The van der Waals surface area contributed by atoms with Gasteiger partial charge < -0.3 is 10.7 Å². The van der Waals surface area contributed by atoms with Crippen LogP contribution in [0.3, 0.4) is 0 Å². The van der Waals surface area contributed by atoms with Gasteiger partial charge in [-0.1, -0.05) is 12.1 Å². The topological polar surface area (TPSA) is 58.9 Å². The van der Waals surface area contributed by atoms with Gasteiger partial charge in [-0.2, -0.15) is 0 Å². The van der Waals surface area contributed by atoms with E-state index in [-0.39, 0.29) is 5.91 Å². The van der Waals surface area contributed by atoms with Crippen LogP contribution >= 0.6 is 0 Å². The van der Waals surface area contributed by atoms with E-state index in [9.17, 15) is 4.79 Å². The Balaban J connectivity index is 2.22. The van der Waals surface area contributed by atoms with E-state index in [2.05, 4.69) is 4.98 Å². The van der Waals surface area contributed by atoms with E-state index >= 15 is 0 Å². The van der Waals surface area contributed by atoms with Crippen molar-refractivity contribution in [3.05, 3.63) is 59.4 Å². The molecule has 0 fully saturated rings. The van der Waals surface area contributed by atoms with Gasteiger partial charge in [0.2, 0.25) is 5.91 Å². The zero-order chi connectivity index (χ0) is 10.7. The lowest BCUT2D eigenvalue weighted by Crippen LogP contribution is -2.11. The Hall–Kier alpha value is -2.03. The summed E-state index contributed by atoms with van der Waals surface area (Å²) in [6, 6.07) is 11.3. The van der Waals surface area contributed by atoms with E-state index < -0.39 is 0 Å². The highest BCUT2D eigenvalue weighted by Crippen LogP contribution is 2.09. The quantitative estimate of drug-likeness (QED) is 0.778. The number of hydrogen-bond acceptors (Lipinski definition) is 1. The molecule has 0 aliphatic rings. The molecule has 2 aromatic rings. The Morgan fingerprint density at radius 3 is 2.80 bits per heavy atom. The second kappa shape index (κ2) is 4.00. The van der Waals surface area contributed by atoms with Crippen LogP contribution in [0.25, 0.3) is 0 Å². The number of nitrogens with one attached hydrogen (secondary N) is 1. The molecule has 0 radical (unpaired) electrons. The van der Waals surface area contributed by atoms with E-state index in [0.717, 1.165) is 17.7 Å². The van der Waals surface area contributed by atoms with Crippen molar-refractivity contribution >= 4 is 5.91 Å². The lowest BCUT2D eigenvalue weighted by atomic mass is 10.1. The molecule has 0 spiro atoms. The van der Waals surface area contributed by atoms with Crippen molar-refractivity contribution < 1.29 is 4.79 Å².